The maximum absolute atomic E-state index is 13.1. The predicted molar refractivity (Wildman–Crippen MR) is 79.4 cm³/mol. The molecule has 1 N–H and O–H groups in total. The quantitative estimate of drug-likeness (QED) is 0.765. The maximum atomic E-state index is 13.1. The van der Waals surface area contributed by atoms with E-state index in [0.717, 1.165) is 5.56 Å². The van der Waals surface area contributed by atoms with Gasteiger partial charge in [-0.25, -0.2) is 4.39 Å². The number of carbonyl (C=O) groups is 1. The molecule has 1 aliphatic heterocycles. The van der Waals surface area contributed by atoms with Crippen molar-refractivity contribution in [3.8, 4) is 0 Å². The molecule has 20 heavy (non-hydrogen) atoms. The van der Waals surface area contributed by atoms with Crippen LogP contribution in [0.5, 0.6) is 0 Å². The first-order chi connectivity index (χ1) is 9.54. The Morgan fingerprint density at radius 1 is 1.10 bits per heavy atom. The van der Waals surface area contributed by atoms with E-state index in [1.54, 1.807) is 30.3 Å². The van der Waals surface area contributed by atoms with Crippen LogP contribution in [0, 0.1) is 5.82 Å². The van der Waals surface area contributed by atoms with E-state index in [-0.39, 0.29) is 10.9 Å². The van der Waals surface area contributed by atoms with E-state index in [0.29, 0.717) is 21.8 Å². The number of rotatable bonds is 1. The number of hydrogen-bond acceptors (Lipinski definition) is 1. The first-order valence-electron chi connectivity index (χ1n) is 5.82. The monoisotopic (exact) mass is 307 g/mol. The highest BCUT2D eigenvalue weighted by atomic mass is 35.5. The molecule has 1 heterocycles. The molecule has 0 atom stereocenters. The van der Waals surface area contributed by atoms with E-state index >= 15 is 0 Å². The molecular formula is C15H8Cl2FNO. The Bertz CT molecular complexity index is 756. The Balaban J connectivity index is 2.08. The lowest BCUT2D eigenvalue weighted by molar-refractivity contribution is -0.110. The minimum absolute atomic E-state index is 0.0223. The second kappa shape index (κ2) is 4.93. The minimum atomic E-state index is -0.489. The molecule has 100 valence electrons. The Hall–Kier alpha value is -1.84. The molecule has 0 aromatic heterocycles. The van der Waals surface area contributed by atoms with Crippen LogP contribution in [0.3, 0.4) is 0 Å². The SMILES string of the molecule is O=C1Nc2cc(Cl)ccc2/C1=C\c1ccc(F)c(Cl)c1. The molecule has 2 aromatic rings. The maximum Gasteiger partial charge on any atom is 0.256 e. The molecule has 3 rings (SSSR count). The number of fused-ring (bicyclic) bond motifs is 1. The van der Waals surface area contributed by atoms with Gasteiger partial charge < -0.3 is 5.32 Å². The van der Waals surface area contributed by atoms with Gasteiger partial charge in [0.1, 0.15) is 5.82 Å². The number of nitrogens with one attached hydrogen (secondary N) is 1. The van der Waals surface area contributed by atoms with Crippen molar-refractivity contribution in [2.45, 2.75) is 0 Å². The third kappa shape index (κ3) is 2.30. The average molecular weight is 308 g/mol. The zero-order chi connectivity index (χ0) is 14.3. The average Bonchev–Trinajstić information content (AvgIpc) is 2.69. The highest BCUT2D eigenvalue weighted by molar-refractivity contribution is 6.36. The first kappa shape index (κ1) is 13.2. The molecule has 0 radical (unpaired) electrons. The summed E-state index contributed by atoms with van der Waals surface area (Å²) < 4.78 is 13.1. The smallest absolute Gasteiger partial charge is 0.256 e. The van der Waals surface area contributed by atoms with Crippen LogP contribution >= 0.6 is 23.2 Å². The third-order valence-electron chi connectivity index (χ3n) is 3.02. The molecule has 0 aliphatic carbocycles. The molecule has 0 unspecified atom stereocenters. The second-order valence-electron chi connectivity index (χ2n) is 4.38. The lowest BCUT2D eigenvalue weighted by Crippen LogP contribution is -2.03. The molecule has 0 saturated heterocycles. The number of amides is 1. The van der Waals surface area contributed by atoms with Gasteiger partial charge in [0.25, 0.3) is 5.91 Å². The first-order valence-corrected chi connectivity index (χ1v) is 6.58. The molecule has 2 aromatic carbocycles. The van der Waals surface area contributed by atoms with E-state index in [2.05, 4.69) is 5.32 Å². The summed E-state index contributed by atoms with van der Waals surface area (Å²) in [7, 11) is 0. The number of anilines is 1. The molecule has 0 spiro atoms. The van der Waals surface area contributed by atoms with E-state index in [9.17, 15) is 9.18 Å². The molecule has 1 amide bonds. The van der Waals surface area contributed by atoms with E-state index < -0.39 is 5.82 Å². The zero-order valence-electron chi connectivity index (χ0n) is 10.1. The topological polar surface area (TPSA) is 29.1 Å². The number of benzene rings is 2. The van der Waals surface area contributed by atoms with Crippen molar-refractivity contribution in [3.63, 3.8) is 0 Å². The molecule has 1 aliphatic rings. The van der Waals surface area contributed by atoms with Crippen LogP contribution in [0.25, 0.3) is 11.6 Å². The summed E-state index contributed by atoms with van der Waals surface area (Å²) in [5.74, 6) is -0.709. The summed E-state index contributed by atoms with van der Waals surface area (Å²) in [6.45, 7) is 0. The molecule has 2 nitrogen and oxygen atoms in total. The van der Waals surface area contributed by atoms with Crippen molar-refractivity contribution in [2.75, 3.05) is 5.32 Å². The van der Waals surface area contributed by atoms with E-state index in [4.69, 9.17) is 23.2 Å². The van der Waals surface area contributed by atoms with Crippen molar-refractivity contribution in [3.05, 3.63) is 63.4 Å². The second-order valence-corrected chi connectivity index (χ2v) is 5.22. The van der Waals surface area contributed by atoms with Crippen LogP contribution in [0.1, 0.15) is 11.1 Å². The minimum Gasteiger partial charge on any atom is -0.321 e. The predicted octanol–water partition coefficient (Wildman–Crippen LogP) is 4.63. The van der Waals surface area contributed by atoms with Gasteiger partial charge >= 0.3 is 0 Å². The van der Waals surface area contributed by atoms with Crippen LogP contribution in [0.2, 0.25) is 10.0 Å². The number of carbonyl (C=O) groups excluding carboxylic acids is 1. The zero-order valence-corrected chi connectivity index (χ0v) is 11.6. The Morgan fingerprint density at radius 2 is 1.90 bits per heavy atom. The van der Waals surface area contributed by atoms with Gasteiger partial charge in [0.15, 0.2) is 0 Å². The van der Waals surface area contributed by atoms with Gasteiger partial charge in [0.05, 0.1) is 10.7 Å². The van der Waals surface area contributed by atoms with Crippen LogP contribution in [-0.2, 0) is 4.79 Å². The van der Waals surface area contributed by atoms with Crippen molar-refractivity contribution in [2.24, 2.45) is 0 Å². The molecule has 0 bridgehead atoms. The Kier molecular flexibility index (Phi) is 3.24. The van der Waals surface area contributed by atoms with Gasteiger partial charge in [0.2, 0.25) is 0 Å². The van der Waals surface area contributed by atoms with Crippen LogP contribution in [-0.4, -0.2) is 5.91 Å². The van der Waals surface area contributed by atoms with Gasteiger partial charge in [-0.1, -0.05) is 35.3 Å². The molecule has 5 heteroatoms. The van der Waals surface area contributed by atoms with Crippen molar-refractivity contribution >= 4 is 46.4 Å². The van der Waals surface area contributed by atoms with Crippen molar-refractivity contribution in [1.82, 2.24) is 0 Å². The Labute approximate surface area is 124 Å². The van der Waals surface area contributed by atoms with Crippen LogP contribution < -0.4 is 5.32 Å². The van der Waals surface area contributed by atoms with E-state index in [1.165, 1.54) is 12.1 Å². The van der Waals surface area contributed by atoms with Crippen molar-refractivity contribution in [1.29, 1.82) is 0 Å². The summed E-state index contributed by atoms with van der Waals surface area (Å²) in [5.41, 5.74) is 2.59. The lowest BCUT2D eigenvalue weighted by Gasteiger charge is -2.00. The van der Waals surface area contributed by atoms with Gasteiger partial charge in [0, 0.05) is 16.2 Å². The normalized spacial score (nSPS) is 15.3. The van der Waals surface area contributed by atoms with Gasteiger partial charge in [-0.05, 0) is 35.9 Å². The summed E-state index contributed by atoms with van der Waals surface area (Å²) in [5, 5.41) is 3.31. The third-order valence-corrected chi connectivity index (χ3v) is 3.54. The highest BCUT2D eigenvalue weighted by Gasteiger charge is 2.24. The van der Waals surface area contributed by atoms with E-state index in [1.807, 2.05) is 0 Å². The summed E-state index contributed by atoms with van der Waals surface area (Å²) >= 11 is 11.6. The van der Waals surface area contributed by atoms with Crippen LogP contribution in [0.4, 0.5) is 10.1 Å². The van der Waals surface area contributed by atoms with Crippen LogP contribution in [0.15, 0.2) is 36.4 Å². The Morgan fingerprint density at radius 3 is 2.65 bits per heavy atom. The number of halogens is 3. The highest BCUT2D eigenvalue weighted by Crippen LogP contribution is 2.35. The lowest BCUT2D eigenvalue weighted by atomic mass is 10.0. The largest absolute Gasteiger partial charge is 0.321 e. The standard InChI is InChI=1S/C15H8Cl2FNO/c16-9-2-3-10-11(15(20)19-14(10)7-9)5-8-1-4-13(18)12(17)6-8/h1-7H,(H,19,20)/b11-5+. The van der Waals surface area contributed by atoms with Gasteiger partial charge in [-0.2, -0.15) is 0 Å². The number of hydrogen-bond donors (Lipinski definition) is 1. The van der Waals surface area contributed by atoms with Gasteiger partial charge in [-0.3, -0.25) is 4.79 Å². The molecular weight excluding hydrogens is 300 g/mol. The fourth-order valence-corrected chi connectivity index (χ4v) is 2.44. The summed E-state index contributed by atoms with van der Waals surface area (Å²) in [4.78, 5) is 12.0. The summed E-state index contributed by atoms with van der Waals surface area (Å²) in [6, 6.07) is 9.48. The molecule has 0 saturated carbocycles. The fraction of sp³-hybridized carbons (Fsp3) is 0. The van der Waals surface area contributed by atoms with Crippen molar-refractivity contribution < 1.29 is 9.18 Å². The fourth-order valence-electron chi connectivity index (χ4n) is 2.08. The molecule has 0 fully saturated rings. The summed E-state index contributed by atoms with van der Waals surface area (Å²) in [6.07, 6.45) is 1.67. The van der Waals surface area contributed by atoms with Gasteiger partial charge in [-0.15, -0.1) is 0 Å².